The lowest BCUT2D eigenvalue weighted by Crippen LogP contribution is -2.30. The molecule has 0 aliphatic heterocycles. The Morgan fingerprint density at radius 3 is 0.746 bits per heavy atom. The predicted octanol–water partition coefficient (Wildman–Crippen LogP) is 21.7. The van der Waals surface area contributed by atoms with E-state index in [-0.39, 0.29) is 31.1 Å². The van der Waals surface area contributed by atoms with Crippen LogP contribution in [-0.2, 0) is 28.6 Å². The zero-order valence-electron chi connectivity index (χ0n) is 48.3. The van der Waals surface area contributed by atoms with Crippen LogP contribution >= 0.6 is 0 Å². The molecule has 0 spiro atoms. The molecule has 0 N–H and O–H groups in total. The standard InChI is InChI=1S/C65H124O6/c1-4-7-10-13-16-19-22-24-26-28-30-32-34-36-38-40-43-46-49-52-55-58-64(67)70-61-62(60-69-63(66)57-54-51-48-45-42-21-18-15-12-9-6-3)71-65(68)59-56-53-50-47-44-41-39-37-35-33-31-29-27-25-23-20-17-14-11-8-5-2/h15,18,62H,4-14,16-17,19-61H2,1-3H3/b18-15-/t62-/m1/s1. The molecule has 0 rings (SSSR count). The summed E-state index contributed by atoms with van der Waals surface area (Å²) in [6.07, 6.45) is 70.9. The van der Waals surface area contributed by atoms with Gasteiger partial charge in [0, 0.05) is 19.3 Å². The molecule has 1 atom stereocenters. The fraction of sp³-hybridized carbons (Fsp3) is 0.923. The molecule has 0 heterocycles. The summed E-state index contributed by atoms with van der Waals surface area (Å²) in [5.41, 5.74) is 0. The van der Waals surface area contributed by atoms with Gasteiger partial charge in [0.1, 0.15) is 13.2 Å². The van der Waals surface area contributed by atoms with Crippen molar-refractivity contribution in [2.45, 2.75) is 374 Å². The molecule has 0 bridgehead atoms. The second-order valence-corrected chi connectivity index (χ2v) is 22.0. The summed E-state index contributed by atoms with van der Waals surface area (Å²) in [5.74, 6) is -0.847. The molecule has 0 aromatic heterocycles. The highest BCUT2D eigenvalue weighted by atomic mass is 16.6. The number of rotatable bonds is 60. The summed E-state index contributed by atoms with van der Waals surface area (Å²) >= 11 is 0. The molecule has 6 nitrogen and oxygen atoms in total. The summed E-state index contributed by atoms with van der Waals surface area (Å²) in [4.78, 5) is 38.2. The Labute approximate surface area is 443 Å². The number of hydrogen-bond acceptors (Lipinski definition) is 6. The second-order valence-electron chi connectivity index (χ2n) is 22.0. The number of ether oxygens (including phenoxy) is 3. The van der Waals surface area contributed by atoms with E-state index in [1.54, 1.807) is 0 Å². The molecule has 0 aromatic rings. The molecular formula is C65H124O6. The lowest BCUT2D eigenvalue weighted by molar-refractivity contribution is -0.167. The molecule has 71 heavy (non-hydrogen) atoms. The molecular weight excluding hydrogens is 877 g/mol. The minimum atomic E-state index is -0.768. The summed E-state index contributed by atoms with van der Waals surface area (Å²) in [6, 6.07) is 0. The van der Waals surface area contributed by atoms with Gasteiger partial charge in [-0.05, 0) is 38.5 Å². The Hall–Kier alpha value is -1.85. The van der Waals surface area contributed by atoms with Gasteiger partial charge in [0.05, 0.1) is 0 Å². The molecule has 420 valence electrons. The van der Waals surface area contributed by atoms with Crippen molar-refractivity contribution in [1.29, 1.82) is 0 Å². The monoisotopic (exact) mass is 1000 g/mol. The average molecular weight is 1000 g/mol. The van der Waals surface area contributed by atoms with E-state index in [0.29, 0.717) is 19.3 Å². The molecule has 6 heteroatoms. The molecule has 0 fully saturated rings. The van der Waals surface area contributed by atoms with Crippen LogP contribution in [0, 0.1) is 0 Å². The highest BCUT2D eigenvalue weighted by molar-refractivity contribution is 5.71. The van der Waals surface area contributed by atoms with Gasteiger partial charge in [0.2, 0.25) is 0 Å². The first-order valence-electron chi connectivity index (χ1n) is 32.2. The molecule has 0 amide bonds. The number of carbonyl (C=O) groups is 3. The van der Waals surface area contributed by atoms with Gasteiger partial charge in [0.15, 0.2) is 6.10 Å². The molecule has 0 aliphatic rings. The lowest BCUT2D eigenvalue weighted by atomic mass is 10.0. The van der Waals surface area contributed by atoms with Gasteiger partial charge in [-0.25, -0.2) is 0 Å². The number of unbranched alkanes of at least 4 members (excludes halogenated alkanes) is 47. The second kappa shape index (κ2) is 60.7. The van der Waals surface area contributed by atoms with Gasteiger partial charge in [0.25, 0.3) is 0 Å². The number of esters is 3. The Bertz CT molecular complexity index is 1100. The largest absolute Gasteiger partial charge is 0.462 e. The van der Waals surface area contributed by atoms with Crippen LogP contribution in [0.4, 0.5) is 0 Å². The van der Waals surface area contributed by atoms with E-state index >= 15 is 0 Å². The van der Waals surface area contributed by atoms with E-state index < -0.39 is 6.10 Å². The van der Waals surface area contributed by atoms with Crippen LogP contribution < -0.4 is 0 Å². The number of carbonyl (C=O) groups excluding carboxylic acids is 3. The van der Waals surface area contributed by atoms with Crippen molar-refractivity contribution < 1.29 is 28.6 Å². The van der Waals surface area contributed by atoms with E-state index in [2.05, 4.69) is 32.9 Å². The van der Waals surface area contributed by atoms with Crippen LogP contribution in [0.25, 0.3) is 0 Å². The summed E-state index contributed by atoms with van der Waals surface area (Å²) in [6.45, 7) is 6.67. The molecule has 0 aromatic carbocycles. The molecule has 0 unspecified atom stereocenters. The maximum Gasteiger partial charge on any atom is 0.306 e. The molecule has 0 saturated heterocycles. The summed E-state index contributed by atoms with van der Waals surface area (Å²) < 4.78 is 16.9. The van der Waals surface area contributed by atoms with Crippen molar-refractivity contribution in [1.82, 2.24) is 0 Å². The van der Waals surface area contributed by atoms with E-state index in [9.17, 15) is 14.4 Å². The minimum absolute atomic E-state index is 0.0662. The van der Waals surface area contributed by atoms with E-state index in [1.165, 1.54) is 263 Å². The normalized spacial score (nSPS) is 12.0. The van der Waals surface area contributed by atoms with Gasteiger partial charge in [-0.3, -0.25) is 14.4 Å². The molecule has 0 radical (unpaired) electrons. The zero-order valence-corrected chi connectivity index (χ0v) is 48.3. The van der Waals surface area contributed by atoms with Crippen molar-refractivity contribution in [3.05, 3.63) is 12.2 Å². The van der Waals surface area contributed by atoms with E-state index in [1.807, 2.05) is 0 Å². The van der Waals surface area contributed by atoms with E-state index in [0.717, 1.165) is 64.2 Å². The van der Waals surface area contributed by atoms with Gasteiger partial charge in [-0.2, -0.15) is 0 Å². The van der Waals surface area contributed by atoms with Crippen molar-refractivity contribution >= 4 is 17.9 Å². The van der Waals surface area contributed by atoms with Crippen LogP contribution in [0.2, 0.25) is 0 Å². The third kappa shape index (κ3) is 58.9. The van der Waals surface area contributed by atoms with Crippen molar-refractivity contribution in [3.63, 3.8) is 0 Å². The first kappa shape index (κ1) is 69.2. The van der Waals surface area contributed by atoms with Gasteiger partial charge < -0.3 is 14.2 Å². The highest BCUT2D eigenvalue weighted by Crippen LogP contribution is 2.18. The van der Waals surface area contributed by atoms with Crippen molar-refractivity contribution in [3.8, 4) is 0 Å². The average Bonchev–Trinajstić information content (AvgIpc) is 3.37. The minimum Gasteiger partial charge on any atom is -0.462 e. The van der Waals surface area contributed by atoms with E-state index in [4.69, 9.17) is 14.2 Å². The quantitative estimate of drug-likeness (QED) is 0.0261. The smallest absolute Gasteiger partial charge is 0.306 e. The third-order valence-corrected chi connectivity index (χ3v) is 14.8. The van der Waals surface area contributed by atoms with Crippen LogP contribution in [0.15, 0.2) is 12.2 Å². The maximum absolute atomic E-state index is 12.9. The third-order valence-electron chi connectivity index (χ3n) is 14.8. The van der Waals surface area contributed by atoms with Crippen LogP contribution in [0.3, 0.4) is 0 Å². The number of allylic oxidation sites excluding steroid dienone is 2. The van der Waals surface area contributed by atoms with Crippen LogP contribution in [-0.4, -0.2) is 37.2 Å². The fourth-order valence-electron chi connectivity index (χ4n) is 9.90. The maximum atomic E-state index is 12.9. The number of hydrogen-bond donors (Lipinski definition) is 0. The van der Waals surface area contributed by atoms with Crippen molar-refractivity contribution in [2.75, 3.05) is 13.2 Å². The Morgan fingerprint density at radius 1 is 0.268 bits per heavy atom. The van der Waals surface area contributed by atoms with Gasteiger partial charge in [-0.15, -0.1) is 0 Å². The Balaban J connectivity index is 4.20. The summed E-state index contributed by atoms with van der Waals surface area (Å²) in [5, 5.41) is 0. The fourth-order valence-corrected chi connectivity index (χ4v) is 9.90. The topological polar surface area (TPSA) is 78.9 Å². The SMILES string of the molecule is CCCC/C=C\CCCCCCCC(=O)OC[C@H](COC(=O)CCCCCCCCCCCCCCCCCCCCCCC)OC(=O)CCCCCCCCCCCCCCCCCCCCCCC. The predicted molar refractivity (Wildman–Crippen MR) is 307 cm³/mol. The van der Waals surface area contributed by atoms with Crippen molar-refractivity contribution in [2.24, 2.45) is 0 Å². The van der Waals surface area contributed by atoms with Crippen LogP contribution in [0.1, 0.15) is 367 Å². The summed E-state index contributed by atoms with van der Waals surface area (Å²) in [7, 11) is 0. The van der Waals surface area contributed by atoms with Crippen LogP contribution in [0.5, 0.6) is 0 Å². The molecule has 0 aliphatic carbocycles. The zero-order chi connectivity index (χ0) is 51.4. The Kier molecular flexibility index (Phi) is 59.1. The Morgan fingerprint density at radius 2 is 0.479 bits per heavy atom. The lowest BCUT2D eigenvalue weighted by Gasteiger charge is -2.18. The highest BCUT2D eigenvalue weighted by Gasteiger charge is 2.19. The first-order chi connectivity index (χ1) is 35.0. The molecule has 0 saturated carbocycles. The first-order valence-corrected chi connectivity index (χ1v) is 32.2. The van der Waals surface area contributed by atoms with Gasteiger partial charge >= 0.3 is 17.9 Å². The van der Waals surface area contributed by atoms with Gasteiger partial charge in [-0.1, -0.05) is 322 Å².